The average Bonchev–Trinajstić information content (AvgIpc) is 3.13. The number of carbonyl (C=O) groups is 2. The Balaban J connectivity index is 1.54. The normalized spacial score (nSPS) is 14.9. The van der Waals surface area contributed by atoms with Gasteiger partial charge in [-0.2, -0.15) is 9.78 Å². The lowest BCUT2D eigenvalue weighted by atomic mass is 10.1. The van der Waals surface area contributed by atoms with Crippen molar-refractivity contribution in [1.82, 2.24) is 19.6 Å². The SMILES string of the molecule is C#Cc1ccc(CN2CCN(C(=O)n3ccc(C(N)=O)n3)CC2)cc1. The zero-order valence-electron chi connectivity index (χ0n) is 13.8. The molecule has 0 bridgehead atoms. The summed E-state index contributed by atoms with van der Waals surface area (Å²) in [5, 5.41) is 3.91. The minimum Gasteiger partial charge on any atom is -0.364 e. The number of hydrogen-bond acceptors (Lipinski definition) is 4. The van der Waals surface area contributed by atoms with Crippen LogP contribution in [0.25, 0.3) is 0 Å². The number of hydrogen-bond donors (Lipinski definition) is 1. The highest BCUT2D eigenvalue weighted by Crippen LogP contribution is 2.11. The van der Waals surface area contributed by atoms with Crippen molar-refractivity contribution in [2.75, 3.05) is 26.2 Å². The van der Waals surface area contributed by atoms with E-state index in [2.05, 4.69) is 15.9 Å². The van der Waals surface area contributed by atoms with E-state index in [1.807, 2.05) is 24.3 Å². The number of aromatic nitrogens is 2. The molecule has 1 aromatic heterocycles. The fourth-order valence-corrected chi connectivity index (χ4v) is 2.77. The molecule has 2 amide bonds. The second kappa shape index (κ2) is 7.20. The molecule has 1 aromatic carbocycles. The van der Waals surface area contributed by atoms with Crippen LogP contribution in [0, 0.1) is 12.3 Å². The van der Waals surface area contributed by atoms with Crippen LogP contribution in [-0.2, 0) is 6.54 Å². The molecule has 2 N–H and O–H groups in total. The summed E-state index contributed by atoms with van der Waals surface area (Å²) < 4.78 is 1.16. The Bertz CT molecular complexity index is 811. The molecule has 7 heteroatoms. The molecule has 0 unspecified atom stereocenters. The molecule has 1 fully saturated rings. The molecule has 3 rings (SSSR count). The lowest BCUT2D eigenvalue weighted by Gasteiger charge is -2.34. The van der Waals surface area contributed by atoms with Gasteiger partial charge in [-0.15, -0.1) is 6.42 Å². The van der Waals surface area contributed by atoms with E-state index in [9.17, 15) is 9.59 Å². The van der Waals surface area contributed by atoms with Gasteiger partial charge in [0.25, 0.3) is 5.91 Å². The van der Waals surface area contributed by atoms with Gasteiger partial charge in [-0.3, -0.25) is 9.69 Å². The molecule has 2 aromatic rings. The number of amides is 2. The number of primary amides is 1. The van der Waals surface area contributed by atoms with Gasteiger partial charge in [-0.25, -0.2) is 4.79 Å². The van der Waals surface area contributed by atoms with Crippen molar-refractivity contribution in [2.45, 2.75) is 6.54 Å². The molecule has 0 atom stereocenters. The number of nitrogens with two attached hydrogens (primary N) is 1. The first-order valence-corrected chi connectivity index (χ1v) is 7.99. The van der Waals surface area contributed by atoms with Crippen LogP contribution in [-0.4, -0.2) is 57.7 Å². The molecule has 2 heterocycles. The zero-order chi connectivity index (χ0) is 17.8. The Morgan fingerprint density at radius 1 is 1.12 bits per heavy atom. The highest BCUT2D eigenvalue weighted by molar-refractivity contribution is 5.91. The molecule has 7 nitrogen and oxygen atoms in total. The standard InChI is InChI=1S/C18H19N5O2/c1-2-14-3-5-15(6-4-14)13-21-9-11-22(12-10-21)18(25)23-8-7-16(20-23)17(19)24/h1,3-8H,9-13H2,(H2,19,24). The van der Waals surface area contributed by atoms with Gasteiger partial charge >= 0.3 is 6.03 Å². The third-order valence-electron chi connectivity index (χ3n) is 4.21. The Labute approximate surface area is 146 Å². The van der Waals surface area contributed by atoms with Gasteiger partial charge < -0.3 is 10.6 Å². The Kier molecular flexibility index (Phi) is 4.82. The minimum atomic E-state index is -0.646. The van der Waals surface area contributed by atoms with Crippen LogP contribution < -0.4 is 5.73 Å². The lowest BCUT2D eigenvalue weighted by Crippen LogP contribution is -2.49. The molecular formula is C18H19N5O2. The summed E-state index contributed by atoms with van der Waals surface area (Å²) in [5.74, 6) is 1.96. The van der Waals surface area contributed by atoms with Crippen LogP contribution in [0.15, 0.2) is 36.5 Å². The quantitative estimate of drug-likeness (QED) is 0.838. The topological polar surface area (TPSA) is 84.5 Å². The van der Waals surface area contributed by atoms with Crippen molar-refractivity contribution in [2.24, 2.45) is 5.73 Å². The molecule has 1 aliphatic heterocycles. The fourth-order valence-electron chi connectivity index (χ4n) is 2.77. The number of nitrogens with zero attached hydrogens (tertiary/aromatic N) is 4. The van der Waals surface area contributed by atoms with Crippen molar-refractivity contribution in [3.8, 4) is 12.3 Å². The molecule has 0 spiro atoms. The van der Waals surface area contributed by atoms with E-state index in [0.29, 0.717) is 13.1 Å². The van der Waals surface area contributed by atoms with Gasteiger partial charge in [0.1, 0.15) is 0 Å². The Hall–Kier alpha value is -3.11. The summed E-state index contributed by atoms with van der Waals surface area (Å²) in [7, 11) is 0. The van der Waals surface area contributed by atoms with Gasteiger partial charge in [0.15, 0.2) is 5.69 Å². The van der Waals surface area contributed by atoms with Crippen LogP contribution >= 0.6 is 0 Å². The van der Waals surface area contributed by atoms with Crippen LogP contribution in [0.2, 0.25) is 0 Å². The maximum Gasteiger partial charge on any atom is 0.344 e. The number of carbonyl (C=O) groups excluding carboxylic acids is 2. The molecule has 25 heavy (non-hydrogen) atoms. The van der Waals surface area contributed by atoms with E-state index in [4.69, 9.17) is 12.2 Å². The van der Waals surface area contributed by atoms with Crippen LogP contribution in [0.5, 0.6) is 0 Å². The van der Waals surface area contributed by atoms with E-state index in [1.165, 1.54) is 17.8 Å². The van der Waals surface area contributed by atoms with Crippen molar-refractivity contribution >= 4 is 11.9 Å². The molecule has 0 aliphatic carbocycles. The van der Waals surface area contributed by atoms with Crippen LogP contribution in [0.4, 0.5) is 4.79 Å². The maximum atomic E-state index is 12.4. The summed E-state index contributed by atoms with van der Waals surface area (Å²) in [6, 6.07) is 9.12. The van der Waals surface area contributed by atoms with Gasteiger partial charge in [-0.05, 0) is 23.8 Å². The first-order valence-electron chi connectivity index (χ1n) is 7.99. The van der Waals surface area contributed by atoms with Gasteiger partial charge in [0.2, 0.25) is 0 Å². The number of terminal acetylenes is 1. The summed E-state index contributed by atoms with van der Waals surface area (Å²) in [6.45, 7) is 3.57. The molecular weight excluding hydrogens is 318 g/mol. The zero-order valence-corrected chi connectivity index (χ0v) is 13.8. The predicted molar refractivity (Wildman–Crippen MR) is 92.8 cm³/mol. The average molecular weight is 337 g/mol. The van der Waals surface area contributed by atoms with Crippen molar-refractivity contribution < 1.29 is 9.59 Å². The Morgan fingerprint density at radius 2 is 1.80 bits per heavy atom. The molecule has 0 saturated carbocycles. The third kappa shape index (κ3) is 3.87. The summed E-state index contributed by atoms with van der Waals surface area (Å²) in [6.07, 6.45) is 6.82. The number of piperazine rings is 1. The van der Waals surface area contributed by atoms with E-state index in [1.54, 1.807) is 4.90 Å². The first-order chi connectivity index (χ1) is 12.1. The second-order valence-corrected chi connectivity index (χ2v) is 5.90. The van der Waals surface area contributed by atoms with E-state index in [0.717, 1.165) is 29.9 Å². The van der Waals surface area contributed by atoms with E-state index < -0.39 is 5.91 Å². The summed E-state index contributed by atoms with van der Waals surface area (Å²) in [4.78, 5) is 27.5. The first kappa shape index (κ1) is 16.7. The molecule has 128 valence electrons. The molecule has 1 saturated heterocycles. The minimum absolute atomic E-state index is 0.0856. The summed E-state index contributed by atoms with van der Waals surface area (Å²) >= 11 is 0. The second-order valence-electron chi connectivity index (χ2n) is 5.90. The van der Waals surface area contributed by atoms with E-state index in [-0.39, 0.29) is 11.7 Å². The van der Waals surface area contributed by atoms with Crippen molar-refractivity contribution in [3.05, 3.63) is 53.3 Å². The maximum absolute atomic E-state index is 12.4. The molecule has 0 radical (unpaired) electrons. The lowest BCUT2D eigenvalue weighted by molar-refractivity contribution is 0.0995. The highest BCUT2D eigenvalue weighted by atomic mass is 16.2. The van der Waals surface area contributed by atoms with Crippen molar-refractivity contribution in [3.63, 3.8) is 0 Å². The third-order valence-corrected chi connectivity index (χ3v) is 4.21. The number of rotatable bonds is 3. The van der Waals surface area contributed by atoms with E-state index >= 15 is 0 Å². The monoisotopic (exact) mass is 337 g/mol. The van der Waals surface area contributed by atoms with Gasteiger partial charge in [0, 0.05) is 44.5 Å². The smallest absolute Gasteiger partial charge is 0.344 e. The predicted octanol–water partition coefficient (Wildman–Crippen LogP) is 0.749. The Morgan fingerprint density at radius 3 is 2.36 bits per heavy atom. The summed E-state index contributed by atoms with van der Waals surface area (Å²) in [5.41, 5.74) is 7.30. The van der Waals surface area contributed by atoms with Gasteiger partial charge in [0.05, 0.1) is 0 Å². The fraction of sp³-hybridized carbons (Fsp3) is 0.278. The highest BCUT2D eigenvalue weighted by Gasteiger charge is 2.23. The van der Waals surface area contributed by atoms with Crippen LogP contribution in [0.1, 0.15) is 21.6 Å². The van der Waals surface area contributed by atoms with Crippen molar-refractivity contribution in [1.29, 1.82) is 0 Å². The van der Waals surface area contributed by atoms with Gasteiger partial charge in [-0.1, -0.05) is 18.1 Å². The number of benzene rings is 1. The van der Waals surface area contributed by atoms with Crippen LogP contribution in [0.3, 0.4) is 0 Å². The largest absolute Gasteiger partial charge is 0.364 e. The molecule has 1 aliphatic rings.